The summed E-state index contributed by atoms with van der Waals surface area (Å²) in [6.07, 6.45) is 7.01. The fourth-order valence-corrected chi connectivity index (χ4v) is 4.14. The van der Waals surface area contributed by atoms with Crippen LogP contribution in [0.4, 0.5) is 16.2 Å². The number of amides is 2. The zero-order valence-electron chi connectivity index (χ0n) is 14.0. The topological polar surface area (TPSA) is 53.6 Å². The largest absolute Gasteiger partial charge is 0.377 e. The molecular formula is C19H25N3O2. The van der Waals surface area contributed by atoms with Crippen molar-refractivity contribution in [1.29, 1.82) is 0 Å². The van der Waals surface area contributed by atoms with Crippen molar-refractivity contribution in [3.63, 3.8) is 0 Å². The van der Waals surface area contributed by atoms with Crippen LogP contribution in [0.5, 0.6) is 0 Å². The molecule has 1 saturated carbocycles. The molecule has 5 heteroatoms. The molecule has 2 N–H and O–H groups in total. The number of carbonyl (C=O) groups is 1. The smallest absolute Gasteiger partial charge is 0.319 e. The lowest BCUT2D eigenvalue weighted by Gasteiger charge is -2.31. The molecule has 1 saturated heterocycles. The lowest BCUT2D eigenvalue weighted by molar-refractivity contribution is 0.149. The van der Waals surface area contributed by atoms with Crippen LogP contribution in [0.1, 0.15) is 25.7 Å². The number of benzene rings is 1. The number of anilines is 2. The highest BCUT2D eigenvalue weighted by Gasteiger charge is 2.38. The molecule has 1 aromatic rings. The van der Waals surface area contributed by atoms with Crippen LogP contribution in [0.15, 0.2) is 35.9 Å². The van der Waals surface area contributed by atoms with E-state index in [1.165, 1.54) is 19.3 Å². The van der Waals surface area contributed by atoms with E-state index in [1.807, 2.05) is 12.1 Å². The van der Waals surface area contributed by atoms with Gasteiger partial charge in [-0.15, -0.1) is 0 Å². The number of para-hydroxylation sites is 2. The van der Waals surface area contributed by atoms with Gasteiger partial charge in [-0.05, 0) is 49.3 Å². The lowest BCUT2D eigenvalue weighted by Crippen LogP contribution is -2.35. The molecule has 2 fully saturated rings. The minimum atomic E-state index is -0.154. The highest BCUT2D eigenvalue weighted by Crippen LogP contribution is 2.42. The maximum absolute atomic E-state index is 12.3. The Hall–Kier alpha value is -2.01. The van der Waals surface area contributed by atoms with Crippen molar-refractivity contribution >= 4 is 17.4 Å². The zero-order chi connectivity index (χ0) is 16.4. The van der Waals surface area contributed by atoms with Gasteiger partial charge in [0.05, 0.1) is 24.6 Å². The van der Waals surface area contributed by atoms with Gasteiger partial charge in [-0.25, -0.2) is 4.79 Å². The molecule has 128 valence electrons. The number of hydrogen-bond acceptors (Lipinski definition) is 3. The summed E-state index contributed by atoms with van der Waals surface area (Å²) in [5.74, 6) is 0.829. The van der Waals surface area contributed by atoms with Crippen LogP contribution in [-0.4, -0.2) is 38.4 Å². The van der Waals surface area contributed by atoms with E-state index in [4.69, 9.17) is 4.74 Å². The third-order valence-corrected chi connectivity index (χ3v) is 5.33. The average Bonchev–Trinajstić information content (AvgIpc) is 3.25. The monoisotopic (exact) mass is 327 g/mol. The molecular weight excluding hydrogens is 302 g/mol. The first-order chi connectivity index (χ1) is 11.8. The second-order valence-electron chi connectivity index (χ2n) is 7.01. The minimum Gasteiger partial charge on any atom is -0.377 e. The first kappa shape index (κ1) is 15.5. The molecule has 1 aliphatic carbocycles. The van der Waals surface area contributed by atoms with Gasteiger partial charge >= 0.3 is 6.03 Å². The van der Waals surface area contributed by atoms with E-state index in [0.29, 0.717) is 19.2 Å². The third kappa shape index (κ3) is 3.26. The Morgan fingerprint density at radius 1 is 1.29 bits per heavy atom. The Morgan fingerprint density at radius 2 is 2.21 bits per heavy atom. The zero-order valence-corrected chi connectivity index (χ0v) is 14.0. The van der Waals surface area contributed by atoms with Gasteiger partial charge in [0.15, 0.2) is 0 Å². The standard InChI is InChI=1S/C19H25N3O2/c23-19(20-11-15-4-3-9-24-13-15)21-17-5-1-2-6-18(17)22-12-14-7-8-16(22)10-14/h1-2,4-6,14,16H,3,7-13H2,(H2,20,21,23)/t14-,16-/m0/s1. The fraction of sp³-hybridized carbons (Fsp3) is 0.526. The number of rotatable bonds is 4. The van der Waals surface area contributed by atoms with Crippen LogP contribution in [-0.2, 0) is 4.74 Å². The summed E-state index contributed by atoms with van der Waals surface area (Å²) in [6, 6.07) is 8.63. The van der Waals surface area contributed by atoms with Gasteiger partial charge < -0.3 is 20.3 Å². The number of nitrogens with zero attached hydrogens (tertiary/aromatic N) is 1. The van der Waals surface area contributed by atoms with Gasteiger partial charge in [-0.1, -0.05) is 18.2 Å². The van der Waals surface area contributed by atoms with E-state index >= 15 is 0 Å². The molecule has 0 spiro atoms. The summed E-state index contributed by atoms with van der Waals surface area (Å²) < 4.78 is 5.40. The normalized spacial score (nSPS) is 25.5. The van der Waals surface area contributed by atoms with Crippen molar-refractivity contribution in [3.05, 3.63) is 35.9 Å². The van der Waals surface area contributed by atoms with Crippen LogP contribution in [0.2, 0.25) is 0 Å². The number of ether oxygens (including phenoxy) is 1. The van der Waals surface area contributed by atoms with Crippen LogP contribution in [0.3, 0.4) is 0 Å². The molecule has 2 aliphatic heterocycles. The molecule has 5 nitrogen and oxygen atoms in total. The van der Waals surface area contributed by atoms with Crippen molar-refractivity contribution in [2.75, 3.05) is 36.5 Å². The number of urea groups is 1. The van der Waals surface area contributed by atoms with Crippen molar-refractivity contribution in [2.24, 2.45) is 5.92 Å². The van der Waals surface area contributed by atoms with E-state index in [9.17, 15) is 4.79 Å². The van der Waals surface area contributed by atoms with E-state index in [0.717, 1.165) is 42.4 Å². The van der Waals surface area contributed by atoms with Crippen molar-refractivity contribution in [3.8, 4) is 0 Å². The molecule has 1 aromatic carbocycles. The van der Waals surface area contributed by atoms with Crippen LogP contribution < -0.4 is 15.5 Å². The third-order valence-electron chi connectivity index (χ3n) is 5.33. The van der Waals surface area contributed by atoms with Crippen LogP contribution in [0.25, 0.3) is 0 Å². The second-order valence-corrected chi connectivity index (χ2v) is 7.01. The first-order valence-corrected chi connectivity index (χ1v) is 8.96. The highest BCUT2D eigenvalue weighted by molar-refractivity contribution is 5.93. The Balaban J connectivity index is 1.39. The average molecular weight is 327 g/mol. The van der Waals surface area contributed by atoms with E-state index in [1.54, 1.807) is 0 Å². The molecule has 0 aromatic heterocycles. The molecule has 2 atom stereocenters. The van der Waals surface area contributed by atoms with Crippen molar-refractivity contribution < 1.29 is 9.53 Å². The summed E-state index contributed by atoms with van der Waals surface area (Å²) in [4.78, 5) is 14.7. The van der Waals surface area contributed by atoms with Gasteiger partial charge in [0.1, 0.15) is 0 Å². The van der Waals surface area contributed by atoms with Gasteiger partial charge in [-0.3, -0.25) is 0 Å². The fourth-order valence-electron chi connectivity index (χ4n) is 4.14. The number of nitrogens with one attached hydrogen (secondary N) is 2. The predicted octanol–water partition coefficient (Wildman–Crippen LogP) is 3.14. The Bertz CT molecular complexity index is 643. The molecule has 3 aliphatic rings. The molecule has 2 bridgehead atoms. The number of piperidine rings is 1. The quantitative estimate of drug-likeness (QED) is 0.835. The van der Waals surface area contributed by atoms with Crippen molar-refractivity contribution in [1.82, 2.24) is 5.32 Å². The second kappa shape index (κ2) is 6.85. The molecule has 24 heavy (non-hydrogen) atoms. The SMILES string of the molecule is O=C(NCC1=CCCOC1)Nc1ccccc1N1C[C@H]2CC[C@H]1C2. The Morgan fingerprint density at radius 3 is 2.96 bits per heavy atom. The molecule has 2 amide bonds. The highest BCUT2D eigenvalue weighted by atomic mass is 16.5. The van der Waals surface area contributed by atoms with Gasteiger partial charge in [0.2, 0.25) is 0 Å². The van der Waals surface area contributed by atoms with Crippen molar-refractivity contribution in [2.45, 2.75) is 31.7 Å². The Kier molecular flexibility index (Phi) is 4.43. The molecule has 0 unspecified atom stereocenters. The first-order valence-electron chi connectivity index (χ1n) is 8.96. The van der Waals surface area contributed by atoms with E-state index in [2.05, 4.69) is 33.7 Å². The van der Waals surface area contributed by atoms with E-state index < -0.39 is 0 Å². The summed E-state index contributed by atoms with van der Waals surface area (Å²) >= 11 is 0. The molecule has 2 heterocycles. The minimum absolute atomic E-state index is 0.154. The van der Waals surface area contributed by atoms with Crippen LogP contribution >= 0.6 is 0 Å². The molecule has 4 rings (SSSR count). The summed E-state index contributed by atoms with van der Waals surface area (Å²) in [5.41, 5.74) is 3.19. The summed E-state index contributed by atoms with van der Waals surface area (Å²) in [6.45, 7) is 3.06. The number of fused-ring (bicyclic) bond motifs is 2. The molecule has 0 radical (unpaired) electrons. The lowest BCUT2D eigenvalue weighted by atomic mass is 10.1. The summed E-state index contributed by atoms with van der Waals surface area (Å²) in [7, 11) is 0. The number of carbonyl (C=O) groups excluding carboxylic acids is 1. The van der Waals surface area contributed by atoms with Gasteiger partial charge in [-0.2, -0.15) is 0 Å². The van der Waals surface area contributed by atoms with E-state index in [-0.39, 0.29) is 6.03 Å². The number of hydrogen-bond donors (Lipinski definition) is 2. The van der Waals surface area contributed by atoms with Crippen LogP contribution in [0, 0.1) is 5.92 Å². The predicted molar refractivity (Wildman–Crippen MR) is 95.5 cm³/mol. The maximum atomic E-state index is 12.3. The van der Waals surface area contributed by atoms with Gasteiger partial charge in [0.25, 0.3) is 0 Å². The van der Waals surface area contributed by atoms with Gasteiger partial charge in [0, 0.05) is 19.1 Å². The maximum Gasteiger partial charge on any atom is 0.319 e. The Labute approximate surface area is 143 Å². The summed E-state index contributed by atoms with van der Waals surface area (Å²) in [5, 5.41) is 5.96.